The number of hydrogen-bond donors (Lipinski definition) is 3. The van der Waals surface area contributed by atoms with Crippen LogP contribution in [-0.2, 0) is 0 Å². The molecule has 8 nitrogen and oxygen atoms in total. The molecule has 3 heterocycles. The molecule has 1 saturated heterocycles. The zero-order valence-corrected chi connectivity index (χ0v) is 10.3. The molecule has 1 fully saturated rings. The summed E-state index contributed by atoms with van der Waals surface area (Å²) in [6, 6.07) is 3.58. The number of amidine groups is 1. The standard InChI is InChI=1S/C11H15N7O/c12-10(13)7-2-1-5-17(6-7)9-4-3-8-14-15-11(19)18(8)16-9/h3-4,7H,1-2,5-6H2,(H3,12,13)(H,15,19). The van der Waals surface area contributed by atoms with Crippen LogP contribution in [0.4, 0.5) is 5.82 Å². The van der Waals surface area contributed by atoms with E-state index in [1.54, 1.807) is 6.07 Å². The van der Waals surface area contributed by atoms with E-state index in [1.807, 2.05) is 6.07 Å². The number of nitrogens with two attached hydrogens (primary N) is 1. The summed E-state index contributed by atoms with van der Waals surface area (Å²) in [6.07, 6.45) is 1.89. The maximum absolute atomic E-state index is 11.5. The highest BCUT2D eigenvalue weighted by molar-refractivity contribution is 5.80. The molecule has 0 aliphatic carbocycles. The van der Waals surface area contributed by atoms with Gasteiger partial charge in [0.1, 0.15) is 5.82 Å². The molecule has 4 N–H and O–H groups in total. The molecule has 0 spiro atoms. The average Bonchev–Trinajstić information content (AvgIpc) is 2.80. The molecule has 19 heavy (non-hydrogen) atoms. The summed E-state index contributed by atoms with van der Waals surface area (Å²) in [7, 11) is 0. The first-order chi connectivity index (χ1) is 9.15. The number of anilines is 1. The van der Waals surface area contributed by atoms with Crippen LogP contribution in [0.5, 0.6) is 0 Å². The first-order valence-corrected chi connectivity index (χ1v) is 6.18. The van der Waals surface area contributed by atoms with Crippen LogP contribution in [-0.4, -0.2) is 38.7 Å². The third-order valence-electron chi connectivity index (χ3n) is 3.44. The lowest BCUT2D eigenvalue weighted by Gasteiger charge is -2.32. The van der Waals surface area contributed by atoms with Crippen molar-refractivity contribution >= 4 is 17.3 Å². The van der Waals surface area contributed by atoms with Crippen LogP contribution in [0, 0.1) is 11.3 Å². The molecule has 3 rings (SSSR count). The largest absolute Gasteiger partial charge is 0.387 e. The topological polar surface area (TPSA) is 116 Å². The van der Waals surface area contributed by atoms with Gasteiger partial charge in [-0.25, -0.2) is 9.89 Å². The second-order valence-corrected chi connectivity index (χ2v) is 4.73. The summed E-state index contributed by atoms with van der Waals surface area (Å²) >= 11 is 0. The van der Waals surface area contributed by atoms with Gasteiger partial charge in [-0.3, -0.25) is 5.41 Å². The maximum Gasteiger partial charge on any atom is 0.364 e. The fraction of sp³-hybridized carbons (Fsp3) is 0.455. The number of nitrogens with one attached hydrogen (secondary N) is 2. The molecule has 100 valence electrons. The highest BCUT2D eigenvalue weighted by Gasteiger charge is 2.23. The van der Waals surface area contributed by atoms with Gasteiger partial charge in [0.2, 0.25) is 0 Å². The predicted molar refractivity (Wildman–Crippen MR) is 70.5 cm³/mol. The number of aromatic nitrogens is 4. The van der Waals surface area contributed by atoms with E-state index in [1.165, 1.54) is 4.52 Å². The number of aromatic amines is 1. The van der Waals surface area contributed by atoms with Crippen molar-refractivity contribution < 1.29 is 0 Å². The van der Waals surface area contributed by atoms with Crippen LogP contribution in [0.2, 0.25) is 0 Å². The SMILES string of the molecule is N=C(N)C1CCCN(c2ccc3n[nH]c(=O)n3n2)C1. The molecule has 1 unspecified atom stereocenters. The van der Waals surface area contributed by atoms with E-state index < -0.39 is 0 Å². The van der Waals surface area contributed by atoms with Crippen LogP contribution >= 0.6 is 0 Å². The van der Waals surface area contributed by atoms with Gasteiger partial charge < -0.3 is 10.6 Å². The van der Waals surface area contributed by atoms with Gasteiger partial charge in [-0.15, -0.1) is 5.10 Å². The van der Waals surface area contributed by atoms with E-state index in [9.17, 15) is 4.79 Å². The number of hydrogen-bond acceptors (Lipinski definition) is 5. The molecule has 0 saturated carbocycles. The monoisotopic (exact) mass is 261 g/mol. The Bertz CT molecular complexity index is 673. The predicted octanol–water partition coefficient (Wildman–Crippen LogP) is -0.430. The number of nitrogens with zero attached hydrogens (tertiary/aromatic N) is 4. The van der Waals surface area contributed by atoms with Crippen LogP contribution < -0.4 is 16.3 Å². The lowest BCUT2D eigenvalue weighted by Crippen LogP contribution is -2.41. The van der Waals surface area contributed by atoms with Crippen molar-refractivity contribution in [1.29, 1.82) is 5.41 Å². The lowest BCUT2D eigenvalue weighted by molar-refractivity contribution is 0.498. The van der Waals surface area contributed by atoms with Gasteiger partial charge in [0.15, 0.2) is 5.65 Å². The molecule has 0 radical (unpaired) electrons. The summed E-state index contributed by atoms with van der Waals surface area (Å²) in [6.45, 7) is 1.52. The van der Waals surface area contributed by atoms with Gasteiger partial charge in [0.05, 0.1) is 5.84 Å². The third kappa shape index (κ3) is 2.05. The average molecular weight is 261 g/mol. The van der Waals surface area contributed by atoms with Crippen molar-refractivity contribution in [2.75, 3.05) is 18.0 Å². The minimum Gasteiger partial charge on any atom is -0.387 e. The quantitative estimate of drug-likeness (QED) is 0.501. The van der Waals surface area contributed by atoms with E-state index in [-0.39, 0.29) is 17.4 Å². The van der Waals surface area contributed by atoms with Crippen molar-refractivity contribution in [3.8, 4) is 0 Å². The Balaban J connectivity index is 1.92. The second kappa shape index (κ2) is 4.38. The Labute approximate surface area is 108 Å². The molecular formula is C11H15N7O. The second-order valence-electron chi connectivity index (χ2n) is 4.73. The summed E-state index contributed by atoms with van der Waals surface area (Å²) in [5.74, 6) is 0.987. The normalized spacial score (nSPS) is 19.8. The Hall–Kier alpha value is -2.38. The molecule has 2 aromatic heterocycles. The van der Waals surface area contributed by atoms with E-state index >= 15 is 0 Å². The van der Waals surface area contributed by atoms with Gasteiger partial charge in [0.25, 0.3) is 0 Å². The first-order valence-electron chi connectivity index (χ1n) is 6.18. The molecule has 0 bridgehead atoms. The first kappa shape index (κ1) is 11.7. The van der Waals surface area contributed by atoms with Crippen molar-refractivity contribution in [2.45, 2.75) is 12.8 Å². The van der Waals surface area contributed by atoms with Gasteiger partial charge in [-0.2, -0.15) is 9.61 Å². The van der Waals surface area contributed by atoms with Crippen LogP contribution in [0.1, 0.15) is 12.8 Å². The smallest absolute Gasteiger partial charge is 0.364 e. The molecule has 0 amide bonds. The Morgan fingerprint density at radius 1 is 1.53 bits per heavy atom. The van der Waals surface area contributed by atoms with E-state index in [4.69, 9.17) is 11.1 Å². The molecule has 8 heteroatoms. The maximum atomic E-state index is 11.5. The number of rotatable bonds is 2. The third-order valence-corrected chi connectivity index (χ3v) is 3.44. The fourth-order valence-corrected chi connectivity index (χ4v) is 2.40. The minimum absolute atomic E-state index is 0.0623. The van der Waals surface area contributed by atoms with Crippen molar-refractivity contribution in [2.24, 2.45) is 11.7 Å². The number of fused-ring (bicyclic) bond motifs is 1. The Morgan fingerprint density at radius 2 is 2.37 bits per heavy atom. The summed E-state index contributed by atoms with van der Waals surface area (Å²) < 4.78 is 1.24. The highest BCUT2D eigenvalue weighted by Crippen LogP contribution is 2.21. The molecule has 0 aromatic carbocycles. The van der Waals surface area contributed by atoms with Crippen molar-refractivity contribution in [3.63, 3.8) is 0 Å². The van der Waals surface area contributed by atoms with Gasteiger partial charge >= 0.3 is 5.69 Å². The van der Waals surface area contributed by atoms with Crippen LogP contribution in [0.3, 0.4) is 0 Å². The van der Waals surface area contributed by atoms with E-state index in [0.29, 0.717) is 18.0 Å². The molecule has 1 aliphatic heterocycles. The van der Waals surface area contributed by atoms with Crippen molar-refractivity contribution in [3.05, 3.63) is 22.6 Å². The summed E-state index contributed by atoms with van der Waals surface area (Å²) in [5.41, 5.74) is 5.72. The highest BCUT2D eigenvalue weighted by atomic mass is 16.2. The molecular weight excluding hydrogens is 246 g/mol. The molecule has 1 atom stereocenters. The number of H-pyrrole nitrogens is 1. The minimum atomic E-state index is -0.350. The lowest BCUT2D eigenvalue weighted by atomic mass is 9.97. The summed E-state index contributed by atoms with van der Waals surface area (Å²) in [5, 5.41) is 18.0. The van der Waals surface area contributed by atoms with Gasteiger partial charge in [-0.05, 0) is 25.0 Å². The van der Waals surface area contributed by atoms with E-state index in [2.05, 4.69) is 20.2 Å². The molecule has 1 aliphatic rings. The van der Waals surface area contributed by atoms with E-state index in [0.717, 1.165) is 19.4 Å². The zero-order chi connectivity index (χ0) is 13.4. The number of piperidine rings is 1. The van der Waals surface area contributed by atoms with Gasteiger partial charge in [0, 0.05) is 19.0 Å². The van der Waals surface area contributed by atoms with Crippen LogP contribution in [0.15, 0.2) is 16.9 Å². The van der Waals surface area contributed by atoms with Crippen LogP contribution in [0.25, 0.3) is 5.65 Å². The zero-order valence-electron chi connectivity index (χ0n) is 10.3. The molecule has 2 aromatic rings. The Morgan fingerprint density at radius 3 is 3.16 bits per heavy atom. The summed E-state index contributed by atoms with van der Waals surface area (Å²) in [4.78, 5) is 13.5. The van der Waals surface area contributed by atoms with Crippen molar-refractivity contribution in [1.82, 2.24) is 19.8 Å². The fourth-order valence-electron chi connectivity index (χ4n) is 2.40. The van der Waals surface area contributed by atoms with Gasteiger partial charge in [-0.1, -0.05) is 0 Å². The Kier molecular flexibility index (Phi) is 2.69.